The number of ether oxygens (including phenoxy) is 1. The molecular weight excluding hydrogens is 366 g/mol. The van der Waals surface area contributed by atoms with Crippen LogP contribution in [0.3, 0.4) is 0 Å². The Balaban J connectivity index is 0.000000271. The van der Waals surface area contributed by atoms with Crippen LogP contribution < -0.4 is 0 Å². The fourth-order valence-corrected chi connectivity index (χ4v) is 1.99. The average Bonchev–Trinajstić information content (AvgIpc) is 2.61. The first-order valence-electron chi connectivity index (χ1n) is 7.67. The summed E-state index contributed by atoms with van der Waals surface area (Å²) in [6, 6.07) is 7.04. The standard InChI is InChI=1S/C9H10FNO3.C8H8FNO3/c1-6(14-2)7-3-4-8(10)9(5-7)11(12)13;1-5(11)6-2-3-7(9)8(4-6)10(12)13/h3-6H,1-2H3;2-5,11H,1H3. The molecule has 27 heavy (non-hydrogen) atoms. The minimum atomic E-state index is -0.894. The SMILES string of the molecule is CC(O)c1ccc(F)c([N+](=O)[O-])c1.COC(C)c1ccc(F)c([N+](=O)[O-])c1. The molecule has 0 aliphatic heterocycles. The summed E-state index contributed by atoms with van der Waals surface area (Å²) < 4.78 is 30.6. The van der Waals surface area contributed by atoms with Gasteiger partial charge in [-0.05, 0) is 37.1 Å². The van der Waals surface area contributed by atoms with E-state index in [0.717, 1.165) is 18.2 Å². The topological polar surface area (TPSA) is 116 Å². The van der Waals surface area contributed by atoms with Crippen LogP contribution in [0.4, 0.5) is 20.2 Å². The molecule has 0 aliphatic rings. The lowest BCUT2D eigenvalue weighted by molar-refractivity contribution is -0.387. The average molecular weight is 384 g/mol. The second-order valence-electron chi connectivity index (χ2n) is 5.49. The van der Waals surface area contributed by atoms with Gasteiger partial charge < -0.3 is 9.84 Å². The van der Waals surface area contributed by atoms with Gasteiger partial charge in [0.05, 0.1) is 22.1 Å². The van der Waals surface area contributed by atoms with Crippen LogP contribution in [-0.2, 0) is 4.74 Å². The van der Waals surface area contributed by atoms with Crippen LogP contribution in [0, 0.1) is 31.9 Å². The van der Waals surface area contributed by atoms with Crippen LogP contribution >= 0.6 is 0 Å². The number of methoxy groups -OCH3 is 1. The van der Waals surface area contributed by atoms with Gasteiger partial charge in [-0.15, -0.1) is 0 Å². The van der Waals surface area contributed by atoms with Gasteiger partial charge >= 0.3 is 11.4 Å². The Bertz CT molecular complexity index is 829. The number of aliphatic hydroxyl groups is 1. The second kappa shape index (κ2) is 9.64. The first-order chi connectivity index (χ1) is 12.6. The molecular formula is C17H18F2N2O6. The number of nitro benzene ring substituents is 2. The van der Waals surface area contributed by atoms with Gasteiger partial charge in [0, 0.05) is 19.2 Å². The maximum Gasteiger partial charge on any atom is 0.305 e. The van der Waals surface area contributed by atoms with Gasteiger partial charge in [-0.2, -0.15) is 8.78 Å². The molecule has 2 aromatic rings. The summed E-state index contributed by atoms with van der Waals surface area (Å²) >= 11 is 0. The van der Waals surface area contributed by atoms with E-state index in [1.165, 1.54) is 32.2 Å². The lowest BCUT2D eigenvalue weighted by Gasteiger charge is -2.08. The van der Waals surface area contributed by atoms with E-state index in [4.69, 9.17) is 9.84 Å². The lowest BCUT2D eigenvalue weighted by atomic mass is 10.1. The molecule has 0 spiro atoms. The fraction of sp³-hybridized carbons (Fsp3) is 0.294. The van der Waals surface area contributed by atoms with Gasteiger partial charge in [0.1, 0.15) is 0 Å². The summed E-state index contributed by atoms with van der Waals surface area (Å²) in [5.74, 6) is -1.73. The molecule has 2 unspecified atom stereocenters. The highest BCUT2D eigenvalue weighted by atomic mass is 19.1. The Morgan fingerprint density at radius 2 is 1.33 bits per heavy atom. The predicted octanol–water partition coefficient (Wildman–Crippen LogP) is 4.23. The molecule has 0 saturated heterocycles. The fourth-order valence-electron chi connectivity index (χ4n) is 1.99. The van der Waals surface area contributed by atoms with Gasteiger partial charge in [0.15, 0.2) is 0 Å². The largest absolute Gasteiger partial charge is 0.389 e. The molecule has 2 aromatic carbocycles. The number of halogens is 2. The van der Waals surface area contributed by atoms with E-state index in [1.807, 2.05) is 0 Å². The Morgan fingerprint density at radius 3 is 1.70 bits per heavy atom. The molecule has 0 amide bonds. The van der Waals surface area contributed by atoms with Crippen molar-refractivity contribution in [3.05, 3.63) is 79.4 Å². The molecule has 10 heteroatoms. The summed E-state index contributed by atoms with van der Waals surface area (Å²) in [5, 5.41) is 29.8. The van der Waals surface area contributed by atoms with Crippen molar-refractivity contribution in [3.8, 4) is 0 Å². The summed E-state index contributed by atoms with van der Waals surface area (Å²) in [6.07, 6.45) is -1.12. The maximum atomic E-state index is 12.9. The minimum Gasteiger partial charge on any atom is -0.389 e. The molecule has 0 radical (unpaired) electrons. The minimum absolute atomic E-state index is 0.283. The number of aliphatic hydroxyl groups excluding tert-OH is 1. The third-order valence-corrected chi connectivity index (χ3v) is 3.64. The number of rotatable bonds is 5. The van der Waals surface area contributed by atoms with E-state index in [0.29, 0.717) is 11.1 Å². The van der Waals surface area contributed by atoms with Crippen molar-refractivity contribution >= 4 is 11.4 Å². The quantitative estimate of drug-likeness (QED) is 0.609. The summed E-state index contributed by atoms with van der Waals surface area (Å²) in [6.45, 7) is 3.19. The second-order valence-corrected chi connectivity index (χ2v) is 5.49. The smallest absolute Gasteiger partial charge is 0.305 e. The lowest BCUT2D eigenvalue weighted by Crippen LogP contribution is -1.99. The van der Waals surface area contributed by atoms with Gasteiger partial charge in [-0.1, -0.05) is 12.1 Å². The summed E-state index contributed by atoms with van der Waals surface area (Å²) in [7, 11) is 1.49. The maximum absolute atomic E-state index is 12.9. The molecule has 8 nitrogen and oxygen atoms in total. The van der Waals surface area contributed by atoms with Crippen LogP contribution in [0.5, 0.6) is 0 Å². The molecule has 2 rings (SSSR count). The zero-order valence-electron chi connectivity index (χ0n) is 14.8. The van der Waals surface area contributed by atoms with Gasteiger partial charge in [0.2, 0.25) is 11.6 Å². The summed E-state index contributed by atoms with van der Waals surface area (Å²) in [5.41, 5.74) is -0.224. The van der Waals surface area contributed by atoms with E-state index in [-0.39, 0.29) is 6.10 Å². The van der Waals surface area contributed by atoms with Crippen molar-refractivity contribution in [3.63, 3.8) is 0 Å². The zero-order chi connectivity index (χ0) is 20.7. The van der Waals surface area contributed by atoms with Crippen molar-refractivity contribution in [1.29, 1.82) is 0 Å². The number of hydrogen-bond donors (Lipinski definition) is 1. The molecule has 0 fully saturated rings. The monoisotopic (exact) mass is 384 g/mol. The molecule has 0 aliphatic carbocycles. The Hall–Kier alpha value is -2.98. The normalized spacial score (nSPS) is 12.5. The Kier molecular flexibility index (Phi) is 7.88. The molecule has 0 aromatic heterocycles. The Labute approximate surface area is 153 Å². The van der Waals surface area contributed by atoms with E-state index in [9.17, 15) is 29.0 Å². The van der Waals surface area contributed by atoms with Crippen molar-refractivity contribution in [2.45, 2.75) is 26.1 Å². The van der Waals surface area contributed by atoms with Crippen molar-refractivity contribution in [2.75, 3.05) is 7.11 Å². The number of benzene rings is 2. The predicted molar refractivity (Wildman–Crippen MR) is 92.2 cm³/mol. The van der Waals surface area contributed by atoms with Crippen LogP contribution in [0.25, 0.3) is 0 Å². The number of nitro groups is 2. The molecule has 146 valence electrons. The third-order valence-electron chi connectivity index (χ3n) is 3.64. The molecule has 0 heterocycles. The highest BCUT2D eigenvalue weighted by molar-refractivity contribution is 5.37. The van der Waals surface area contributed by atoms with Gasteiger partial charge in [-0.25, -0.2) is 0 Å². The molecule has 0 saturated carbocycles. The van der Waals surface area contributed by atoms with Crippen LogP contribution in [0.1, 0.15) is 37.2 Å². The van der Waals surface area contributed by atoms with Crippen molar-refractivity contribution in [2.24, 2.45) is 0 Å². The molecule has 2 atom stereocenters. The van der Waals surface area contributed by atoms with Crippen LogP contribution in [0.15, 0.2) is 36.4 Å². The van der Waals surface area contributed by atoms with Crippen molar-refractivity contribution in [1.82, 2.24) is 0 Å². The van der Waals surface area contributed by atoms with E-state index >= 15 is 0 Å². The Morgan fingerprint density at radius 1 is 0.926 bits per heavy atom. The van der Waals surface area contributed by atoms with Gasteiger partial charge in [-0.3, -0.25) is 20.2 Å². The highest BCUT2D eigenvalue weighted by Crippen LogP contribution is 2.24. The first-order valence-corrected chi connectivity index (χ1v) is 7.67. The molecule has 0 bridgehead atoms. The first kappa shape index (κ1) is 22.1. The highest BCUT2D eigenvalue weighted by Gasteiger charge is 2.17. The van der Waals surface area contributed by atoms with Gasteiger partial charge in [0.25, 0.3) is 0 Å². The molecule has 1 N–H and O–H groups in total. The number of nitrogens with zero attached hydrogens (tertiary/aromatic N) is 2. The van der Waals surface area contributed by atoms with E-state index < -0.39 is 39.0 Å². The van der Waals surface area contributed by atoms with E-state index in [1.54, 1.807) is 6.92 Å². The zero-order valence-corrected chi connectivity index (χ0v) is 14.8. The van der Waals surface area contributed by atoms with E-state index in [2.05, 4.69) is 0 Å². The third kappa shape index (κ3) is 6.04. The van der Waals surface area contributed by atoms with Crippen LogP contribution in [0.2, 0.25) is 0 Å². The van der Waals surface area contributed by atoms with Crippen molar-refractivity contribution < 1.29 is 28.5 Å². The number of hydrogen-bond acceptors (Lipinski definition) is 6. The van der Waals surface area contributed by atoms with Crippen LogP contribution in [-0.4, -0.2) is 22.1 Å². The summed E-state index contributed by atoms with van der Waals surface area (Å²) in [4.78, 5) is 19.1.